The van der Waals surface area contributed by atoms with Gasteiger partial charge < -0.3 is 25.3 Å². The minimum absolute atomic E-state index is 0.0851. The molecular formula is C21H21F5N4O2. The van der Waals surface area contributed by atoms with Crippen LogP contribution in [0.1, 0.15) is 17.5 Å². The van der Waals surface area contributed by atoms with E-state index in [1.165, 1.54) is 22.3 Å². The van der Waals surface area contributed by atoms with Gasteiger partial charge in [-0.15, -0.1) is 0 Å². The van der Waals surface area contributed by atoms with Gasteiger partial charge in [-0.3, -0.25) is 4.79 Å². The summed E-state index contributed by atoms with van der Waals surface area (Å²) in [4.78, 5) is 15.8. The van der Waals surface area contributed by atoms with Crippen LogP contribution in [0.5, 0.6) is 0 Å². The maximum absolute atomic E-state index is 13.9. The first-order valence-corrected chi connectivity index (χ1v) is 9.98. The first kappa shape index (κ1) is 22.1. The Morgan fingerprint density at radius 3 is 2.62 bits per heavy atom. The first-order valence-electron chi connectivity index (χ1n) is 9.98. The Labute approximate surface area is 180 Å². The van der Waals surface area contributed by atoms with E-state index in [0.717, 1.165) is 6.07 Å². The molecule has 1 fully saturated rings. The molecule has 11 heteroatoms. The van der Waals surface area contributed by atoms with Crippen molar-refractivity contribution in [3.8, 4) is 0 Å². The number of hydrogen-bond donors (Lipinski definition) is 2. The number of piperazine rings is 1. The summed E-state index contributed by atoms with van der Waals surface area (Å²) in [7, 11) is 0. The van der Waals surface area contributed by atoms with Crippen molar-refractivity contribution < 1.29 is 31.2 Å². The lowest BCUT2D eigenvalue weighted by Gasteiger charge is -2.38. The van der Waals surface area contributed by atoms with Crippen LogP contribution in [0.4, 0.5) is 22.0 Å². The number of halogens is 5. The molecule has 2 aliphatic rings. The van der Waals surface area contributed by atoms with Crippen LogP contribution in [0.25, 0.3) is 5.70 Å². The van der Waals surface area contributed by atoms with Crippen molar-refractivity contribution in [1.29, 1.82) is 0 Å². The molecule has 2 unspecified atom stereocenters. The van der Waals surface area contributed by atoms with Crippen molar-refractivity contribution in [3.05, 3.63) is 65.0 Å². The predicted molar refractivity (Wildman–Crippen MR) is 104 cm³/mol. The zero-order chi connectivity index (χ0) is 23.0. The van der Waals surface area contributed by atoms with E-state index < -0.39 is 36.1 Å². The van der Waals surface area contributed by atoms with E-state index in [0.29, 0.717) is 23.0 Å². The molecule has 1 amide bonds. The number of carbonyl (C=O) groups is 1. The molecule has 2 aromatic rings. The number of benzene rings is 1. The number of nitrogens with zero attached hydrogens (tertiary/aromatic N) is 2. The SMILES string of the molecule is NC(CC(=O)N1CCN2C(=C(c3ccoc3)NC2C(F)F)C1)Cc1cc(F)c(F)cc1F. The Morgan fingerprint density at radius 1 is 1.19 bits per heavy atom. The third-order valence-corrected chi connectivity index (χ3v) is 5.62. The highest BCUT2D eigenvalue weighted by molar-refractivity contribution is 5.78. The molecule has 0 radical (unpaired) electrons. The van der Waals surface area contributed by atoms with Crippen molar-refractivity contribution >= 4 is 11.6 Å². The van der Waals surface area contributed by atoms with Gasteiger partial charge in [0.2, 0.25) is 5.91 Å². The van der Waals surface area contributed by atoms with Gasteiger partial charge >= 0.3 is 0 Å². The average molecular weight is 456 g/mol. The number of nitrogens with one attached hydrogen (secondary N) is 1. The second-order valence-electron chi connectivity index (χ2n) is 7.79. The van der Waals surface area contributed by atoms with Gasteiger partial charge in [-0.1, -0.05) is 0 Å². The molecule has 1 aromatic heterocycles. The Morgan fingerprint density at radius 2 is 1.94 bits per heavy atom. The van der Waals surface area contributed by atoms with Crippen LogP contribution in [0.3, 0.4) is 0 Å². The lowest BCUT2D eigenvalue weighted by atomic mass is 10.0. The van der Waals surface area contributed by atoms with Crippen molar-refractivity contribution in [2.45, 2.75) is 31.5 Å². The summed E-state index contributed by atoms with van der Waals surface area (Å²) in [5.74, 6) is -3.79. The van der Waals surface area contributed by atoms with E-state index in [4.69, 9.17) is 10.2 Å². The maximum Gasteiger partial charge on any atom is 0.276 e. The number of carbonyl (C=O) groups excluding carboxylic acids is 1. The molecule has 0 aliphatic carbocycles. The van der Waals surface area contributed by atoms with Crippen LogP contribution >= 0.6 is 0 Å². The summed E-state index contributed by atoms with van der Waals surface area (Å²) in [6.07, 6.45) is -1.33. The molecule has 3 N–H and O–H groups in total. The molecule has 4 rings (SSSR count). The van der Waals surface area contributed by atoms with Crippen LogP contribution in [0, 0.1) is 17.5 Å². The standard InChI is InChI=1S/C21H21F5N4O2/c22-14-8-16(24)15(23)6-12(14)5-13(27)7-18(31)29-2-3-30-17(9-29)19(11-1-4-32-10-11)28-21(30)20(25)26/h1,4,6,8,10,13,20-21,28H,2-3,5,7,9,27H2. The van der Waals surface area contributed by atoms with Gasteiger partial charge in [0.25, 0.3) is 6.43 Å². The predicted octanol–water partition coefficient (Wildman–Crippen LogP) is 2.66. The van der Waals surface area contributed by atoms with Gasteiger partial charge in [0.1, 0.15) is 5.82 Å². The van der Waals surface area contributed by atoms with Gasteiger partial charge in [-0.2, -0.15) is 0 Å². The largest absolute Gasteiger partial charge is 0.472 e. The van der Waals surface area contributed by atoms with Crippen LogP contribution in [-0.2, 0) is 11.2 Å². The molecule has 172 valence electrons. The van der Waals surface area contributed by atoms with E-state index in [2.05, 4.69) is 5.32 Å². The van der Waals surface area contributed by atoms with E-state index in [1.807, 2.05) is 0 Å². The van der Waals surface area contributed by atoms with Gasteiger partial charge in [0.05, 0.1) is 30.5 Å². The van der Waals surface area contributed by atoms with Crippen LogP contribution in [-0.4, -0.2) is 54.0 Å². The molecule has 0 saturated carbocycles. The van der Waals surface area contributed by atoms with Crippen molar-refractivity contribution in [2.75, 3.05) is 19.6 Å². The second-order valence-corrected chi connectivity index (χ2v) is 7.79. The van der Waals surface area contributed by atoms with Crippen molar-refractivity contribution in [2.24, 2.45) is 5.73 Å². The monoisotopic (exact) mass is 456 g/mol. The number of rotatable bonds is 6. The van der Waals surface area contributed by atoms with Gasteiger partial charge in [0.15, 0.2) is 17.8 Å². The minimum Gasteiger partial charge on any atom is -0.472 e. The lowest BCUT2D eigenvalue weighted by Crippen LogP contribution is -2.52. The Kier molecular flexibility index (Phi) is 6.09. The van der Waals surface area contributed by atoms with Crippen LogP contribution in [0.15, 0.2) is 40.8 Å². The Bertz CT molecular complexity index is 1030. The number of furan rings is 1. The summed E-state index contributed by atoms with van der Waals surface area (Å²) in [6.45, 7) is 0.484. The fourth-order valence-electron chi connectivity index (χ4n) is 4.05. The zero-order valence-corrected chi connectivity index (χ0v) is 16.8. The molecule has 6 nitrogen and oxygen atoms in total. The van der Waals surface area contributed by atoms with Crippen LogP contribution in [0.2, 0.25) is 0 Å². The third-order valence-electron chi connectivity index (χ3n) is 5.62. The average Bonchev–Trinajstić information content (AvgIpc) is 3.39. The fourth-order valence-corrected chi connectivity index (χ4v) is 4.05. The molecule has 0 spiro atoms. The number of amides is 1. The normalized spacial score (nSPS) is 19.4. The molecule has 0 bridgehead atoms. The molecule has 32 heavy (non-hydrogen) atoms. The number of alkyl halides is 2. The third kappa shape index (κ3) is 4.29. The number of nitrogens with two attached hydrogens (primary N) is 1. The molecule has 2 atom stereocenters. The molecule has 2 aliphatic heterocycles. The highest BCUT2D eigenvalue weighted by Crippen LogP contribution is 2.33. The summed E-state index contributed by atoms with van der Waals surface area (Å²) in [6, 6.07) is 1.96. The highest BCUT2D eigenvalue weighted by Gasteiger charge is 2.41. The van der Waals surface area contributed by atoms with Gasteiger partial charge in [-0.05, 0) is 24.1 Å². The quantitative estimate of drug-likeness (QED) is 0.517. The van der Waals surface area contributed by atoms with Gasteiger partial charge in [-0.25, -0.2) is 22.0 Å². The van der Waals surface area contributed by atoms with Crippen LogP contribution < -0.4 is 11.1 Å². The zero-order valence-electron chi connectivity index (χ0n) is 16.8. The van der Waals surface area contributed by atoms with E-state index >= 15 is 0 Å². The summed E-state index contributed by atoms with van der Waals surface area (Å²) >= 11 is 0. The van der Waals surface area contributed by atoms with Crippen molar-refractivity contribution in [1.82, 2.24) is 15.1 Å². The summed E-state index contributed by atoms with van der Waals surface area (Å²) < 4.78 is 72.4. The fraction of sp³-hybridized carbons (Fsp3) is 0.381. The van der Waals surface area contributed by atoms with E-state index in [-0.39, 0.29) is 43.9 Å². The smallest absolute Gasteiger partial charge is 0.276 e. The number of fused-ring (bicyclic) bond motifs is 1. The summed E-state index contributed by atoms with van der Waals surface area (Å²) in [5, 5.41) is 2.81. The summed E-state index contributed by atoms with van der Waals surface area (Å²) in [5.41, 5.74) is 7.44. The van der Waals surface area contributed by atoms with E-state index in [1.54, 1.807) is 6.07 Å². The topological polar surface area (TPSA) is 74.7 Å². The minimum atomic E-state index is -2.64. The van der Waals surface area contributed by atoms with E-state index in [9.17, 15) is 26.7 Å². The molecular weight excluding hydrogens is 435 g/mol. The molecule has 1 saturated heterocycles. The molecule has 3 heterocycles. The van der Waals surface area contributed by atoms with Gasteiger partial charge in [0, 0.05) is 37.2 Å². The highest BCUT2D eigenvalue weighted by atomic mass is 19.3. The van der Waals surface area contributed by atoms with Crippen molar-refractivity contribution in [3.63, 3.8) is 0 Å². The number of hydrogen-bond acceptors (Lipinski definition) is 5. The molecule has 1 aromatic carbocycles. The maximum atomic E-state index is 13.9. The Balaban J connectivity index is 1.45. The second kappa shape index (κ2) is 8.81. The Hall–Kier alpha value is -3.08. The lowest BCUT2D eigenvalue weighted by molar-refractivity contribution is -0.132. The first-order chi connectivity index (χ1) is 15.2.